The van der Waals surface area contributed by atoms with E-state index in [4.69, 9.17) is 21.5 Å². The summed E-state index contributed by atoms with van der Waals surface area (Å²) in [5.74, 6) is -1.08. The molecular weight excluding hydrogens is 332 g/mol. The maximum atomic E-state index is 11.9. The van der Waals surface area contributed by atoms with Crippen LogP contribution < -0.4 is 5.32 Å². The fourth-order valence-electron chi connectivity index (χ4n) is 1.92. The van der Waals surface area contributed by atoms with Gasteiger partial charge in [-0.05, 0) is 42.3 Å². The van der Waals surface area contributed by atoms with Gasteiger partial charge in [0.1, 0.15) is 0 Å². The van der Waals surface area contributed by atoms with Crippen LogP contribution in [0.3, 0.4) is 0 Å². The molecule has 0 aliphatic carbocycles. The molecule has 0 bridgehead atoms. The highest BCUT2D eigenvalue weighted by atomic mass is 35.5. The second-order valence-corrected chi connectivity index (χ2v) is 5.31. The first-order chi connectivity index (χ1) is 11.5. The van der Waals surface area contributed by atoms with Crippen LogP contribution in [0.25, 0.3) is 0 Å². The van der Waals surface area contributed by atoms with Gasteiger partial charge in [0.05, 0.1) is 11.8 Å². The van der Waals surface area contributed by atoms with Crippen LogP contribution in [0.4, 0.5) is 5.69 Å². The van der Waals surface area contributed by atoms with E-state index in [1.807, 2.05) is 0 Å². The molecule has 0 radical (unpaired) electrons. The van der Waals surface area contributed by atoms with Crippen molar-refractivity contribution in [3.8, 4) is 0 Å². The molecule has 1 amide bonds. The first kappa shape index (κ1) is 17.5. The van der Waals surface area contributed by atoms with Gasteiger partial charge in [-0.15, -0.1) is 0 Å². The van der Waals surface area contributed by atoms with Crippen LogP contribution in [0.1, 0.15) is 21.5 Å². The molecule has 0 saturated carbocycles. The number of ether oxygens (including phenoxy) is 1. The van der Waals surface area contributed by atoms with Crippen LogP contribution in [0.2, 0.25) is 5.02 Å². The van der Waals surface area contributed by atoms with Crippen LogP contribution in [-0.4, -0.2) is 29.9 Å². The van der Waals surface area contributed by atoms with Gasteiger partial charge in [0.15, 0.2) is 6.61 Å². The number of carbonyl (C=O) groups is 2. The number of esters is 1. The van der Waals surface area contributed by atoms with E-state index in [-0.39, 0.29) is 5.56 Å². The zero-order chi connectivity index (χ0) is 17.5. The highest BCUT2D eigenvalue weighted by molar-refractivity contribution is 6.31. The number of nitrogens with zero attached hydrogens (tertiary/aromatic N) is 1. The van der Waals surface area contributed by atoms with Gasteiger partial charge in [-0.25, -0.2) is 4.79 Å². The van der Waals surface area contributed by atoms with E-state index in [9.17, 15) is 9.59 Å². The molecule has 24 heavy (non-hydrogen) atoms. The summed E-state index contributed by atoms with van der Waals surface area (Å²) in [4.78, 5) is 23.8. The molecule has 0 atom stereocenters. The Kier molecular flexibility index (Phi) is 5.92. The summed E-state index contributed by atoms with van der Waals surface area (Å²) in [6, 6.07) is 11.3. The lowest BCUT2D eigenvalue weighted by Gasteiger charge is -2.10. The maximum Gasteiger partial charge on any atom is 0.338 e. The lowest BCUT2D eigenvalue weighted by atomic mass is 10.1. The van der Waals surface area contributed by atoms with Gasteiger partial charge in [-0.1, -0.05) is 35.0 Å². The third kappa shape index (κ3) is 4.57. The van der Waals surface area contributed by atoms with E-state index in [1.54, 1.807) is 37.3 Å². The predicted octanol–water partition coefficient (Wildman–Crippen LogP) is 3.25. The summed E-state index contributed by atoms with van der Waals surface area (Å²) in [5.41, 5.74) is 2.22. The van der Waals surface area contributed by atoms with Crippen molar-refractivity contribution < 1.29 is 19.5 Å². The molecule has 0 fully saturated rings. The summed E-state index contributed by atoms with van der Waals surface area (Å²) in [5, 5.41) is 14.5. The molecule has 0 unspecified atom stereocenters. The molecule has 7 heteroatoms. The van der Waals surface area contributed by atoms with Crippen molar-refractivity contribution >= 4 is 35.4 Å². The summed E-state index contributed by atoms with van der Waals surface area (Å²) in [6.45, 7) is 1.37. The van der Waals surface area contributed by atoms with E-state index in [0.717, 1.165) is 5.56 Å². The smallest absolute Gasteiger partial charge is 0.338 e. The standard InChI is InChI=1S/C17H15ClN2O4/c1-11-14(18)3-2-4-15(11)20-16(21)10-24-17(22)13-7-5-12(6-8-13)9-19-23/h2-9,23H,10H2,1H3,(H,20,21)/b19-9-. The molecule has 0 aliphatic heterocycles. The van der Waals surface area contributed by atoms with E-state index < -0.39 is 18.5 Å². The Bertz CT molecular complexity index is 773. The van der Waals surface area contributed by atoms with Crippen LogP contribution in [-0.2, 0) is 9.53 Å². The van der Waals surface area contributed by atoms with E-state index in [1.165, 1.54) is 18.3 Å². The third-order valence-electron chi connectivity index (χ3n) is 3.23. The van der Waals surface area contributed by atoms with Crippen LogP contribution in [0.5, 0.6) is 0 Å². The molecule has 2 rings (SSSR count). The zero-order valence-corrected chi connectivity index (χ0v) is 13.6. The van der Waals surface area contributed by atoms with Crippen molar-refractivity contribution in [2.75, 3.05) is 11.9 Å². The molecule has 2 aromatic carbocycles. The van der Waals surface area contributed by atoms with Crippen molar-refractivity contribution in [1.29, 1.82) is 0 Å². The summed E-state index contributed by atoms with van der Waals surface area (Å²) >= 11 is 5.98. The Balaban J connectivity index is 1.91. The number of anilines is 1. The van der Waals surface area contributed by atoms with Crippen LogP contribution in [0.15, 0.2) is 47.6 Å². The Labute approximate surface area is 143 Å². The molecule has 6 nitrogen and oxygen atoms in total. The first-order valence-corrected chi connectivity index (χ1v) is 7.38. The van der Waals surface area contributed by atoms with Crippen molar-refractivity contribution in [3.63, 3.8) is 0 Å². The third-order valence-corrected chi connectivity index (χ3v) is 3.64. The van der Waals surface area contributed by atoms with Gasteiger partial charge in [-0.2, -0.15) is 0 Å². The zero-order valence-electron chi connectivity index (χ0n) is 12.8. The van der Waals surface area contributed by atoms with Gasteiger partial charge >= 0.3 is 5.97 Å². The number of nitrogens with one attached hydrogen (secondary N) is 1. The van der Waals surface area contributed by atoms with Crippen LogP contribution in [0, 0.1) is 6.92 Å². The number of rotatable bonds is 5. The van der Waals surface area contributed by atoms with Crippen molar-refractivity contribution in [3.05, 3.63) is 64.2 Å². The van der Waals surface area contributed by atoms with Crippen molar-refractivity contribution in [2.24, 2.45) is 5.16 Å². The second-order valence-electron chi connectivity index (χ2n) is 4.90. The van der Waals surface area contributed by atoms with Crippen molar-refractivity contribution in [2.45, 2.75) is 6.92 Å². The van der Waals surface area contributed by atoms with Gasteiger partial charge in [0.25, 0.3) is 5.91 Å². The number of hydrogen-bond donors (Lipinski definition) is 2. The van der Waals surface area contributed by atoms with Gasteiger partial charge < -0.3 is 15.3 Å². The Morgan fingerprint density at radius 1 is 1.25 bits per heavy atom. The SMILES string of the molecule is Cc1c(Cl)cccc1NC(=O)COC(=O)c1ccc(/C=N\O)cc1. The second kappa shape index (κ2) is 8.12. The summed E-state index contributed by atoms with van der Waals surface area (Å²) < 4.78 is 4.97. The Morgan fingerprint density at radius 2 is 1.96 bits per heavy atom. The van der Waals surface area contributed by atoms with E-state index in [0.29, 0.717) is 16.3 Å². The first-order valence-electron chi connectivity index (χ1n) is 7.01. The lowest BCUT2D eigenvalue weighted by Crippen LogP contribution is -2.21. The number of halogens is 1. The molecule has 0 spiro atoms. The average molecular weight is 347 g/mol. The highest BCUT2D eigenvalue weighted by Gasteiger charge is 2.11. The Hall–Kier alpha value is -2.86. The molecule has 0 heterocycles. The molecule has 0 aliphatic rings. The highest BCUT2D eigenvalue weighted by Crippen LogP contribution is 2.22. The number of oxime groups is 1. The molecule has 2 N–H and O–H groups in total. The van der Waals surface area contributed by atoms with Crippen molar-refractivity contribution in [1.82, 2.24) is 0 Å². The summed E-state index contributed by atoms with van der Waals surface area (Å²) in [6.07, 6.45) is 1.23. The largest absolute Gasteiger partial charge is 0.452 e. The number of amides is 1. The fraction of sp³-hybridized carbons (Fsp3) is 0.118. The van der Waals surface area contributed by atoms with Gasteiger partial charge in [-0.3, -0.25) is 4.79 Å². The number of benzene rings is 2. The molecule has 124 valence electrons. The minimum Gasteiger partial charge on any atom is -0.452 e. The monoisotopic (exact) mass is 346 g/mol. The van der Waals surface area contributed by atoms with E-state index >= 15 is 0 Å². The minimum atomic E-state index is -0.625. The van der Waals surface area contributed by atoms with E-state index in [2.05, 4.69) is 10.5 Å². The molecule has 0 saturated heterocycles. The molecule has 2 aromatic rings. The topological polar surface area (TPSA) is 88.0 Å². The van der Waals surface area contributed by atoms with Gasteiger partial charge in [0.2, 0.25) is 0 Å². The van der Waals surface area contributed by atoms with Crippen LogP contribution >= 0.6 is 11.6 Å². The molecular formula is C17H15ClN2O4. The number of carbonyl (C=O) groups excluding carboxylic acids is 2. The number of hydrogen-bond acceptors (Lipinski definition) is 5. The molecule has 0 aromatic heterocycles. The Morgan fingerprint density at radius 3 is 2.62 bits per heavy atom. The predicted molar refractivity (Wildman–Crippen MR) is 90.9 cm³/mol. The maximum absolute atomic E-state index is 11.9. The quantitative estimate of drug-likeness (QED) is 0.376. The fourth-order valence-corrected chi connectivity index (χ4v) is 2.09. The average Bonchev–Trinajstić information content (AvgIpc) is 2.58. The summed E-state index contributed by atoms with van der Waals surface area (Å²) in [7, 11) is 0. The normalized spacial score (nSPS) is 10.6. The lowest BCUT2D eigenvalue weighted by molar-refractivity contribution is -0.119. The minimum absolute atomic E-state index is 0.289. The van der Waals surface area contributed by atoms with Gasteiger partial charge in [0, 0.05) is 10.7 Å².